The van der Waals surface area contributed by atoms with Gasteiger partial charge in [0.2, 0.25) is 11.8 Å². The van der Waals surface area contributed by atoms with Crippen LogP contribution >= 0.6 is 7.75 Å². The number of nitrogens with one attached hydrogen (secondary N) is 1. The lowest BCUT2D eigenvalue weighted by molar-refractivity contribution is -0.149. The third-order valence-electron chi connectivity index (χ3n) is 5.32. The smallest absolute Gasteiger partial charge is 0.459 e. The van der Waals surface area contributed by atoms with Gasteiger partial charge in [-0.1, -0.05) is 18.2 Å². The number of hydrogen-bond acceptors (Lipinski definition) is 12. The zero-order valence-electron chi connectivity index (χ0n) is 22.8. The highest BCUT2D eigenvalue weighted by Crippen LogP contribution is 2.45. The third kappa shape index (κ3) is 7.86. The molecule has 40 heavy (non-hydrogen) atoms. The van der Waals surface area contributed by atoms with Gasteiger partial charge in [-0.2, -0.15) is 15.1 Å². The molecule has 4 N–H and O–H groups in total. The van der Waals surface area contributed by atoms with E-state index in [1.54, 1.807) is 44.2 Å². The number of alkyl halides is 1. The second kappa shape index (κ2) is 13.3. The SMILES string of the molecule is COc1nc(N)nc2c1ncn2[C@H](OCCO[P@](=O)(N[C@H](C)C(=O)OC(C)C)Oc1ccccc1)[C@](C)(F)CO. The summed E-state index contributed by atoms with van der Waals surface area (Å²) < 4.78 is 57.5. The van der Waals surface area contributed by atoms with Crippen molar-refractivity contribution in [1.29, 1.82) is 0 Å². The van der Waals surface area contributed by atoms with E-state index < -0.39 is 38.3 Å². The molecule has 16 heteroatoms. The lowest BCUT2D eigenvalue weighted by atomic mass is 10.1. The van der Waals surface area contributed by atoms with Gasteiger partial charge in [-0.3, -0.25) is 13.9 Å². The molecule has 0 unspecified atom stereocenters. The van der Waals surface area contributed by atoms with Crippen molar-refractivity contribution < 1.29 is 42.1 Å². The number of carbonyl (C=O) groups excluding carboxylic acids is 1. The molecule has 0 aliphatic rings. The summed E-state index contributed by atoms with van der Waals surface area (Å²) >= 11 is 0. The minimum Gasteiger partial charge on any atom is -0.479 e. The van der Waals surface area contributed by atoms with Crippen LogP contribution < -0.4 is 20.1 Å². The van der Waals surface area contributed by atoms with Gasteiger partial charge in [0.05, 0.1) is 39.4 Å². The van der Waals surface area contributed by atoms with Gasteiger partial charge in [0, 0.05) is 0 Å². The highest BCUT2D eigenvalue weighted by Gasteiger charge is 2.38. The van der Waals surface area contributed by atoms with Gasteiger partial charge in [-0.05, 0) is 39.8 Å². The van der Waals surface area contributed by atoms with Crippen LogP contribution in [-0.2, 0) is 23.4 Å². The maximum Gasteiger partial charge on any atom is 0.459 e. The van der Waals surface area contributed by atoms with E-state index >= 15 is 4.39 Å². The normalized spacial score (nSPS) is 16.2. The molecule has 2 aromatic heterocycles. The summed E-state index contributed by atoms with van der Waals surface area (Å²) in [6.45, 7) is 4.33. The highest BCUT2D eigenvalue weighted by molar-refractivity contribution is 7.52. The molecule has 3 rings (SSSR count). The van der Waals surface area contributed by atoms with Crippen LogP contribution in [0.15, 0.2) is 36.7 Å². The van der Waals surface area contributed by atoms with Gasteiger partial charge in [0.15, 0.2) is 23.1 Å². The topological polar surface area (TPSA) is 182 Å². The molecule has 0 bridgehead atoms. The molecule has 0 saturated carbocycles. The fraction of sp³-hybridized carbons (Fsp3) is 0.500. The number of nitrogen functional groups attached to an aromatic ring is 1. The summed E-state index contributed by atoms with van der Waals surface area (Å²) in [5, 5.41) is 12.3. The number of anilines is 1. The van der Waals surface area contributed by atoms with Crippen LogP contribution in [-0.4, -0.2) is 75.3 Å². The first kappa shape index (κ1) is 31.2. The maximum atomic E-state index is 15.5. The number of aromatic nitrogens is 4. The quantitative estimate of drug-likeness (QED) is 0.135. The first-order valence-corrected chi connectivity index (χ1v) is 13.9. The molecule has 4 atom stereocenters. The van der Waals surface area contributed by atoms with Gasteiger partial charge in [-0.25, -0.2) is 13.9 Å². The number of aliphatic hydroxyl groups is 1. The van der Waals surface area contributed by atoms with Crippen LogP contribution in [0.5, 0.6) is 11.6 Å². The van der Waals surface area contributed by atoms with E-state index in [-0.39, 0.29) is 48.1 Å². The third-order valence-corrected chi connectivity index (χ3v) is 7.00. The second-order valence-corrected chi connectivity index (χ2v) is 10.8. The van der Waals surface area contributed by atoms with Gasteiger partial charge >= 0.3 is 13.7 Å². The average molecular weight is 585 g/mol. The van der Waals surface area contributed by atoms with Crippen molar-refractivity contribution in [3.8, 4) is 11.6 Å². The number of para-hydroxylation sites is 1. The first-order valence-electron chi connectivity index (χ1n) is 12.3. The summed E-state index contributed by atoms with van der Waals surface area (Å²) in [4.78, 5) is 24.5. The average Bonchev–Trinajstić information content (AvgIpc) is 3.31. The zero-order chi connectivity index (χ0) is 29.5. The number of fused-ring (bicyclic) bond motifs is 1. The van der Waals surface area contributed by atoms with E-state index in [4.69, 9.17) is 29.0 Å². The van der Waals surface area contributed by atoms with Gasteiger partial charge in [0.25, 0.3) is 0 Å². The maximum absolute atomic E-state index is 15.5. The van der Waals surface area contributed by atoms with E-state index in [0.29, 0.717) is 0 Å². The van der Waals surface area contributed by atoms with Crippen molar-refractivity contribution in [2.75, 3.05) is 32.7 Å². The standard InChI is InChI=1S/C24H34FN6O8P/c1-15(2)38-21(33)16(3)30-40(34,39-17-9-7-6-8-10-17)37-12-11-36-22(24(4,25)13-32)31-14-27-18-19(31)28-23(26)29-20(18)35-5/h6-10,14-16,22,32H,11-13H2,1-5H3,(H,30,34)(H2,26,28,29)/t16-,22-,24-,40-/m1/s1. The number of nitrogens with two attached hydrogens (primary N) is 1. The Morgan fingerprint density at radius 2 is 1.93 bits per heavy atom. The Hall–Kier alpha value is -3.36. The van der Waals surface area contributed by atoms with Gasteiger partial charge in [-0.15, -0.1) is 0 Å². The summed E-state index contributed by atoms with van der Waals surface area (Å²) in [7, 11) is -2.80. The van der Waals surface area contributed by atoms with E-state index in [1.165, 1.54) is 24.9 Å². The number of halogens is 1. The van der Waals surface area contributed by atoms with Crippen LogP contribution in [0.1, 0.15) is 33.9 Å². The van der Waals surface area contributed by atoms with E-state index in [1.807, 2.05) is 0 Å². The van der Waals surface area contributed by atoms with Gasteiger partial charge in [0.1, 0.15) is 11.8 Å². The number of nitrogens with zero attached hydrogens (tertiary/aromatic N) is 4. The molecule has 220 valence electrons. The van der Waals surface area contributed by atoms with Crippen molar-refractivity contribution in [1.82, 2.24) is 24.6 Å². The Morgan fingerprint density at radius 1 is 1.23 bits per heavy atom. The number of benzene rings is 1. The summed E-state index contributed by atoms with van der Waals surface area (Å²) in [6, 6.07) is 7.15. The minimum atomic E-state index is -4.17. The van der Waals surface area contributed by atoms with Crippen LogP contribution in [0, 0.1) is 0 Å². The molecule has 0 aliphatic heterocycles. The number of rotatable bonds is 15. The fourth-order valence-corrected chi connectivity index (χ4v) is 4.97. The minimum absolute atomic E-state index is 0.0723. The van der Waals surface area contributed by atoms with Crippen LogP contribution in [0.25, 0.3) is 11.2 Å². The first-order chi connectivity index (χ1) is 18.9. The van der Waals surface area contributed by atoms with Crippen molar-refractivity contribution in [2.45, 2.75) is 51.7 Å². The number of hydrogen-bond donors (Lipinski definition) is 3. The number of methoxy groups -OCH3 is 1. The van der Waals surface area contributed by atoms with Crippen LogP contribution in [0.4, 0.5) is 10.3 Å². The number of imidazole rings is 1. The molecule has 1 aromatic carbocycles. The van der Waals surface area contributed by atoms with E-state index in [0.717, 1.165) is 6.92 Å². The molecule has 0 aliphatic carbocycles. The predicted molar refractivity (Wildman–Crippen MR) is 142 cm³/mol. The largest absolute Gasteiger partial charge is 0.479 e. The summed E-state index contributed by atoms with van der Waals surface area (Å²) in [5.74, 6) is -0.517. The van der Waals surface area contributed by atoms with Crippen LogP contribution in [0.2, 0.25) is 0 Å². The lowest BCUT2D eigenvalue weighted by Crippen LogP contribution is -2.38. The Balaban J connectivity index is 1.78. The fourth-order valence-electron chi connectivity index (χ4n) is 3.49. The molecule has 0 radical (unpaired) electrons. The lowest BCUT2D eigenvalue weighted by Gasteiger charge is -2.30. The predicted octanol–water partition coefficient (Wildman–Crippen LogP) is 2.79. The number of ether oxygens (including phenoxy) is 3. The number of aliphatic hydroxyl groups excluding tert-OH is 1. The zero-order valence-corrected chi connectivity index (χ0v) is 23.7. The highest BCUT2D eigenvalue weighted by atomic mass is 31.2. The van der Waals surface area contributed by atoms with E-state index in [2.05, 4.69) is 20.0 Å². The molecule has 3 aromatic rings. The molecule has 0 fully saturated rings. The van der Waals surface area contributed by atoms with Crippen LogP contribution in [0.3, 0.4) is 0 Å². The molecule has 0 spiro atoms. The Labute approximate surface area is 230 Å². The van der Waals surface area contributed by atoms with Crippen molar-refractivity contribution in [3.63, 3.8) is 0 Å². The van der Waals surface area contributed by atoms with Gasteiger partial charge < -0.3 is 29.6 Å². The molecule has 14 nitrogen and oxygen atoms in total. The molecule has 2 heterocycles. The second-order valence-electron chi connectivity index (χ2n) is 9.15. The Bertz CT molecular complexity index is 1330. The van der Waals surface area contributed by atoms with Crippen molar-refractivity contribution >= 4 is 30.8 Å². The van der Waals surface area contributed by atoms with Crippen molar-refractivity contribution in [3.05, 3.63) is 36.7 Å². The number of carbonyl (C=O) groups is 1. The Kier molecular flexibility index (Phi) is 10.4. The summed E-state index contributed by atoms with van der Waals surface area (Å²) in [6.07, 6.45) is -0.612. The van der Waals surface area contributed by atoms with Crippen molar-refractivity contribution in [2.24, 2.45) is 0 Å². The molecule has 0 saturated heterocycles. The molecular formula is C24H34FN6O8P. The summed E-state index contributed by atoms with van der Waals surface area (Å²) in [5.41, 5.74) is 3.74. The Morgan fingerprint density at radius 3 is 2.55 bits per heavy atom. The molecule has 0 amide bonds. The number of esters is 1. The molecular weight excluding hydrogens is 550 g/mol. The monoisotopic (exact) mass is 584 g/mol. The van der Waals surface area contributed by atoms with E-state index in [9.17, 15) is 14.5 Å².